The van der Waals surface area contributed by atoms with Crippen LogP contribution in [0.15, 0.2) is 48.5 Å². The Bertz CT molecular complexity index is 1020. The summed E-state index contributed by atoms with van der Waals surface area (Å²) in [5.41, 5.74) is 2.77. The summed E-state index contributed by atoms with van der Waals surface area (Å²) in [4.78, 5) is 17.4. The van der Waals surface area contributed by atoms with E-state index in [1.54, 1.807) is 24.3 Å². The maximum atomic E-state index is 12.7. The smallest absolute Gasteiger partial charge is 0.261 e. The molecule has 0 bridgehead atoms. The van der Waals surface area contributed by atoms with Gasteiger partial charge in [-0.15, -0.1) is 0 Å². The number of ether oxygens (including phenoxy) is 1. The van der Waals surface area contributed by atoms with Crippen molar-refractivity contribution in [3.63, 3.8) is 0 Å². The minimum atomic E-state index is -3.33. The maximum Gasteiger partial charge on any atom is 0.261 e. The number of carbonyl (C=O) groups excluding carboxylic acids is 1. The predicted octanol–water partition coefficient (Wildman–Crippen LogP) is 2.31. The number of rotatable bonds is 9. The molecule has 1 atom stereocenters. The van der Waals surface area contributed by atoms with E-state index in [0.29, 0.717) is 24.4 Å². The zero-order valence-electron chi connectivity index (χ0n) is 19.8. The van der Waals surface area contributed by atoms with Crippen molar-refractivity contribution < 1.29 is 17.9 Å². The van der Waals surface area contributed by atoms with Gasteiger partial charge in [0, 0.05) is 45.5 Å². The number of nitrogens with zero attached hydrogens (tertiary/aromatic N) is 3. The number of hydrogen-bond donors (Lipinski definition) is 1. The quantitative estimate of drug-likeness (QED) is 0.601. The van der Waals surface area contributed by atoms with Gasteiger partial charge in [0.2, 0.25) is 10.0 Å². The van der Waals surface area contributed by atoms with Crippen LogP contribution in [0.2, 0.25) is 0 Å². The largest absolute Gasteiger partial charge is 0.481 e. The SMILES string of the molecule is CCC(Oc1ccc(N(C)S(C)(=O)=O)cc1)C(=O)NCc1ccc(N2CCN(C)CC2)cc1. The first-order chi connectivity index (χ1) is 15.7. The van der Waals surface area contributed by atoms with Crippen molar-refractivity contribution in [3.8, 4) is 5.75 Å². The molecule has 0 aliphatic carbocycles. The van der Waals surface area contributed by atoms with Crippen molar-refractivity contribution in [2.45, 2.75) is 26.0 Å². The molecule has 0 aromatic heterocycles. The summed E-state index contributed by atoms with van der Waals surface area (Å²) in [5.74, 6) is 0.331. The zero-order valence-corrected chi connectivity index (χ0v) is 20.6. The molecule has 1 aliphatic rings. The van der Waals surface area contributed by atoms with E-state index < -0.39 is 16.1 Å². The van der Waals surface area contributed by atoms with Gasteiger partial charge in [-0.2, -0.15) is 0 Å². The number of sulfonamides is 1. The Hall–Kier alpha value is -2.78. The van der Waals surface area contributed by atoms with Gasteiger partial charge in [0.15, 0.2) is 6.10 Å². The van der Waals surface area contributed by atoms with E-state index in [2.05, 4.69) is 34.3 Å². The summed E-state index contributed by atoms with van der Waals surface area (Å²) < 4.78 is 30.4. The third kappa shape index (κ3) is 6.85. The number of carbonyl (C=O) groups is 1. The van der Waals surface area contributed by atoms with Crippen molar-refractivity contribution >= 4 is 27.3 Å². The lowest BCUT2D eigenvalue weighted by atomic mass is 10.1. The Balaban J connectivity index is 1.52. The highest BCUT2D eigenvalue weighted by molar-refractivity contribution is 7.92. The zero-order chi connectivity index (χ0) is 24.0. The lowest BCUT2D eigenvalue weighted by Gasteiger charge is -2.34. The molecular formula is C24H34N4O4S. The first-order valence-electron chi connectivity index (χ1n) is 11.2. The normalized spacial score (nSPS) is 15.7. The first kappa shape index (κ1) is 24.9. The molecule has 9 heteroatoms. The van der Waals surface area contributed by atoms with Gasteiger partial charge in [0.25, 0.3) is 5.91 Å². The van der Waals surface area contributed by atoms with Crippen LogP contribution in [0.4, 0.5) is 11.4 Å². The van der Waals surface area contributed by atoms with Crippen molar-refractivity contribution in [2.24, 2.45) is 0 Å². The van der Waals surface area contributed by atoms with Crippen LogP contribution in [0.3, 0.4) is 0 Å². The predicted molar refractivity (Wildman–Crippen MR) is 132 cm³/mol. The van der Waals surface area contributed by atoms with Crippen molar-refractivity contribution in [1.82, 2.24) is 10.2 Å². The standard InChI is InChI=1S/C24H34N4O4S/c1-5-23(32-22-12-10-20(11-13-22)27(3)33(4,30)31)24(29)25-18-19-6-8-21(9-7-19)28-16-14-26(2)15-17-28/h6-13,23H,5,14-18H2,1-4H3,(H,25,29). The summed E-state index contributed by atoms with van der Waals surface area (Å²) in [5, 5.41) is 2.95. The molecule has 1 heterocycles. The molecule has 2 aromatic carbocycles. The van der Waals surface area contributed by atoms with Gasteiger partial charge in [-0.3, -0.25) is 9.10 Å². The number of benzene rings is 2. The van der Waals surface area contributed by atoms with Gasteiger partial charge in [0.1, 0.15) is 5.75 Å². The number of nitrogens with one attached hydrogen (secondary N) is 1. The average Bonchev–Trinajstić information content (AvgIpc) is 2.81. The van der Waals surface area contributed by atoms with E-state index in [4.69, 9.17) is 4.74 Å². The number of anilines is 2. The minimum absolute atomic E-state index is 0.182. The van der Waals surface area contributed by atoms with Crippen LogP contribution in [-0.2, 0) is 21.4 Å². The van der Waals surface area contributed by atoms with Crippen molar-refractivity contribution in [2.75, 3.05) is 55.7 Å². The molecule has 0 radical (unpaired) electrons. The maximum absolute atomic E-state index is 12.7. The molecule has 180 valence electrons. The highest BCUT2D eigenvalue weighted by Crippen LogP contribution is 2.22. The summed E-state index contributed by atoms with van der Waals surface area (Å²) in [6.07, 6.45) is 1.03. The van der Waals surface area contributed by atoms with Crippen LogP contribution >= 0.6 is 0 Å². The molecule has 8 nitrogen and oxygen atoms in total. The fourth-order valence-corrected chi connectivity index (χ4v) is 4.11. The lowest BCUT2D eigenvalue weighted by Crippen LogP contribution is -2.44. The molecule has 0 saturated carbocycles. The highest BCUT2D eigenvalue weighted by Gasteiger charge is 2.19. The molecule has 1 saturated heterocycles. The van der Waals surface area contributed by atoms with Crippen LogP contribution in [0.5, 0.6) is 5.75 Å². The Labute approximate surface area is 197 Å². The minimum Gasteiger partial charge on any atom is -0.481 e. The summed E-state index contributed by atoms with van der Waals surface area (Å²) in [7, 11) is 0.302. The molecule has 1 amide bonds. The molecule has 33 heavy (non-hydrogen) atoms. The van der Waals surface area contributed by atoms with E-state index in [1.165, 1.54) is 17.0 Å². The van der Waals surface area contributed by atoms with Gasteiger partial charge >= 0.3 is 0 Å². The van der Waals surface area contributed by atoms with E-state index >= 15 is 0 Å². The highest BCUT2D eigenvalue weighted by atomic mass is 32.2. The second-order valence-corrected chi connectivity index (χ2v) is 10.4. The molecule has 1 aliphatic heterocycles. The van der Waals surface area contributed by atoms with Gasteiger partial charge in [-0.25, -0.2) is 8.42 Å². The summed E-state index contributed by atoms with van der Waals surface area (Å²) >= 11 is 0. The fourth-order valence-electron chi connectivity index (χ4n) is 3.60. The second-order valence-electron chi connectivity index (χ2n) is 8.41. The molecule has 3 rings (SSSR count). The number of amides is 1. The monoisotopic (exact) mass is 474 g/mol. The van der Waals surface area contributed by atoms with Crippen LogP contribution in [-0.4, -0.2) is 71.9 Å². The van der Waals surface area contributed by atoms with Crippen LogP contribution in [0.25, 0.3) is 0 Å². The molecule has 1 unspecified atom stereocenters. The van der Waals surface area contributed by atoms with E-state index in [0.717, 1.165) is 38.0 Å². The van der Waals surface area contributed by atoms with E-state index in [9.17, 15) is 13.2 Å². The summed E-state index contributed by atoms with van der Waals surface area (Å²) in [6.45, 7) is 6.49. The van der Waals surface area contributed by atoms with Crippen molar-refractivity contribution in [3.05, 3.63) is 54.1 Å². The van der Waals surface area contributed by atoms with Gasteiger partial charge in [-0.05, 0) is 55.4 Å². The Morgan fingerprint density at radius 3 is 2.21 bits per heavy atom. The number of hydrogen-bond acceptors (Lipinski definition) is 6. The lowest BCUT2D eigenvalue weighted by molar-refractivity contribution is -0.128. The van der Waals surface area contributed by atoms with Crippen LogP contribution in [0, 0.1) is 0 Å². The van der Waals surface area contributed by atoms with Gasteiger partial charge in [-0.1, -0.05) is 19.1 Å². The Kier molecular flexibility index (Phi) is 8.20. The number of likely N-dealkylation sites (N-methyl/N-ethyl adjacent to an activating group) is 1. The molecule has 2 aromatic rings. The Morgan fingerprint density at radius 1 is 1.06 bits per heavy atom. The van der Waals surface area contributed by atoms with Crippen LogP contribution in [0.1, 0.15) is 18.9 Å². The van der Waals surface area contributed by atoms with Crippen molar-refractivity contribution in [1.29, 1.82) is 0 Å². The molecule has 1 N–H and O–H groups in total. The molecule has 0 spiro atoms. The third-order valence-corrected chi connectivity index (χ3v) is 7.12. The Morgan fingerprint density at radius 2 is 1.67 bits per heavy atom. The summed E-state index contributed by atoms with van der Waals surface area (Å²) in [6, 6.07) is 15.0. The van der Waals surface area contributed by atoms with Gasteiger partial charge in [0.05, 0.1) is 11.9 Å². The second kappa shape index (κ2) is 10.9. The first-order valence-corrected chi connectivity index (χ1v) is 13.0. The van der Waals surface area contributed by atoms with Gasteiger partial charge < -0.3 is 19.9 Å². The molecule has 1 fully saturated rings. The van der Waals surface area contributed by atoms with E-state index in [1.807, 2.05) is 19.1 Å². The van der Waals surface area contributed by atoms with E-state index in [-0.39, 0.29) is 5.91 Å². The van der Waals surface area contributed by atoms with Crippen LogP contribution < -0.4 is 19.3 Å². The molecular weight excluding hydrogens is 440 g/mol. The third-order valence-electron chi connectivity index (χ3n) is 5.91. The number of piperazine rings is 1. The fraction of sp³-hybridized carbons (Fsp3) is 0.458. The average molecular weight is 475 g/mol. The topological polar surface area (TPSA) is 82.2 Å².